The summed E-state index contributed by atoms with van der Waals surface area (Å²) in [6.07, 6.45) is 0. The summed E-state index contributed by atoms with van der Waals surface area (Å²) in [5, 5.41) is 5.79. The quantitative estimate of drug-likeness (QED) is 0.767. The van der Waals surface area contributed by atoms with Gasteiger partial charge in [-0.25, -0.2) is 14.4 Å². The predicted octanol–water partition coefficient (Wildman–Crippen LogP) is 2.22. The minimum absolute atomic E-state index is 0.193. The minimum atomic E-state index is -0.571. The maximum absolute atomic E-state index is 12.7. The van der Waals surface area contributed by atoms with E-state index in [4.69, 9.17) is 9.47 Å². The number of hydrogen-bond acceptors (Lipinski definition) is 6. The number of carbonyl (C=O) groups excluding carboxylic acids is 3. The Balaban J connectivity index is 1.87. The van der Waals surface area contributed by atoms with Crippen LogP contribution in [0.15, 0.2) is 41.6 Å². The maximum atomic E-state index is 12.7. The lowest BCUT2D eigenvalue weighted by Gasteiger charge is -2.26. The van der Waals surface area contributed by atoms with Crippen LogP contribution in [-0.2, 0) is 14.3 Å². The van der Waals surface area contributed by atoms with Crippen LogP contribution >= 0.6 is 0 Å². The van der Waals surface area contributed by atoms with Gasteiger partial charge in [-0.15, -0.1) is 0 Å². The van der Waals surface area contributed by atoms with Crippen LogP contribution in [0.25, 0.3) is 10.9 Å². The number of urea groups is 1. The van der Waals surface area contributed by atoms with Crippen LogP contribution < -0.4 is 10.6 Å². The van der Waals surface area contributed by atoms with Crippen LogP contribution in [0, 0.1) is 6.92 Å². The number of aromatic nitrogens is 1. The fourth-order valence-corrected chi connectivity index (χ4v) is 3.09. The smallest absolute Gasteiger partial charge is 0.339 e. The lowest BCUT2D eigenvalue weighted by Crippen LogP contribution is -2.50. The van der Waals surface area contributed by atoms with Gasteiger partial charge in [0, 0.05) is 11.1 Å². The molecule has 2 heterocycles. The van der Waals surface area contributed by atoms with E-state index in [1.807, 2.05) is 18.2 Å². The van der Waals surface area contributed by atoms with Gasteiger partial charge in [-0.3, -0.25) is 4.98 Å². The van der Waals surface area contributed by atoms with Gasteiger partial charge >= 0.3 is 18.0 Å². The van der Waals surface area contributed by atoms with Crippen molar-refractivity contribution in [1.29, 1.82) is 0 Å². The second-order valence-electron chi connectivity index (χ2n) is 6.34. The van der Waals surface area contributed by atoms with Gasteiger partial charge in [0.15, 0.2) is 0 Å². The molecule has 2 N–H and O–H groups in total. The monoisotopic (exact) mass is 383 g/mol. The van der Waals surface area contributed by atoms with E-state index in [0.29, 0.717) is 22.2 Å². The SMILES string of the molecule is CCOC(=O)C1=C(COC(=O)c2cc(C)nc3ccccc23)NC(=O)NC1C. The number of aryl methyl sites for hydroxylation is 1. The number of carbonyl (C=O) groups is 3. The molecule has 8 heteroatoms. The molecule has 2 amide bonds. The van der Waals surface area contributed by atoms with Gasteiger partial charge in [0.05, 0.1) is 35.0 Å². The summed E-state index contributed by atoms with van der Waals surface area (Å²) in [7, 11) is 0. The van der Waals surface area contributed by atoms with Gasteiger partial charge in [-0.2, -0.15) is 0 Å². The van der Waals surface area contributed by atoms with Crippen molar-refractivity contribution in [3.8, 4) is 0 Å². The summed E-state index contributed by atoms with van der Waals surface area (Å²) in [6, 6.07) is 7.86. The van der Waals surface area contributed by atoms with E-state index in [-0.39, 0.29) is 24.5 Å². The highest BCUT2D eigenvalue weighted by Crippen LogP contribution is 2.20. The fourth-order valence-electron chi connectivity index (χ4n) is 3.09. The highest BCUT2D eigenvalue weighted by atomic mass is 16.5. The molecule has 3 rings (SSSR count). The van der Waals surface area contributed by atoms with E-state index >= 15 is 0 Å². The Labute approximate surface area is 161 Å². The number of esters is 2. The summed E-state index contributed by atoms with van der Waals surface area (Å²) in [6.45, 7) is 5.07. The summed E-state index contributed by atoms with van der Waals surface area (Å²) in [5.41, 5.74) is 2.17. The van der Waals surface area contributed by atoms with Crippen molar-refractivity contribution in [1.82, 2.24) is 15.6 Å². The molecule has 0 saturated heterocycles. The zero-order chi connectivity index (χ0) is 20.3. The Morgan fingerprint density at radius 2 is 1.93 bits per heavy atom. The molecule has 1 unspecified atom stereocenters. The third kappa shape index (κ3) is 3.95. The number of amides is 2. The summed E-state index contributed by atoms with van der Waals surface area (Å²) >= 11 is 0. The number of hydrogen-bond donors (Lipinski definition) is 2. The highest BCUT2D eigenvalue weighted by Gasteiger charge is 2.30. The molecule has 0 fully saturated rings. The molecule has 8 nitrogen and oxygen atoms in total. The van der Waals surface area contributed by atoms with Crippen molar-refractivity contribution < 1.29 is 23.9 Å². The van der Waals surface area contributed by atoms with E-state index in [0.717, 1.165) is 0 Å². The first-order valence-corrected chi connectivity index (χ1v) is 8.92. The number of ether oxygens (including phenoxy) is 2. The molecule has 0 spiro atoms. The maximum Gasteiger partial charge on any atom is 0.339 e. The molecule has 0 aliphatic carbocycles. The van der Waals surface area contributed by atoms with E-state index in [1.54, 1.807) is 32.9 Å². The Kier molecular flexibility index (Phi) is 5.58. The van der Waals surface area contributed by atoms with Gasteiger partial charge in [0.1, 0.15) is 6.61 Å². The number of nitrogens with one attached hydrogen (secondary N) is 2. The third-order valence-corrected chi connectivity index (χ3v) is 4.28. The van der Waals surface area contributed by atoms with Gasteiger partial charge in [-0.05, 0) is 32.9 Å². The first-order valence-electron chi connectivity index (χ1n) is 8.92. The number of fused-ring (bicyclic) bond motifs is 1. The van der Waals surface area contributed by atoms with Crippen molar-refractivity contribution in [2.75, 3.05) is 13.2 Å². The predicted molar refractivity (Wildman–Crippen MR) is 102 cm³/mol. The summed E-state index contributed by atoms with van der Waals surface area (Å²) < 4.78 is 10.5. The third-order valence-electron chi connectivity index (χ3n) is 4.28. The van der Waals surface area contributed by atoms with Gasteiger partial charge in [0.2, 0.25) is 0 Å². The molecular weight excluding hydrogens is 362 g/mol. The average molecular weight is 383 g/mol. The lowest BCUT2D eigenvalue weighted by atomic mass is 10.0. The van der Waals surface area contributed by atoms with E-state index in [2.05, 4.69) is 15.6 Å². The number of pyridine rings is 1. The average Bonchev–Trinajstić information content (AvgIpc) is 2.65. The second kappa shape index (κ2) is 8.08. The molecule has 28 heavy (non-hydrogen) atoms. The molecule has 1 aliphatic rings. The minimum Gasteiger partial charge on any atom is -0.463 e. The van der Waals surface area contributed by atoms with Crippen molar-refractivity contribution >= 4 is 28.9 Å². The Morgan fingerprint density at radius 3 is 2.68 bits per heavy atom. The standard InChI is InChI=1S/C20H21N3O5/c1-4-27-19(25)17-12(3)22-20(26)23-16(17)10-28-18(24)14-9-11(2)21-15-8-6-5-7-13(14)15/h5-9,12H,4,10H2,1-3H3,(H2,22,23,26). The molecule has 1 aliphatic heterocycles. The van der Waals surface area contributed by atoms with E-state index < -0.39 is 24.0 Å². The Hall–Kier alpha value is -3.42. The highest BCUT2D eigenvalue weighted by molar-refractivity contribution is 6.03. The Bertz CT molecular complexity index is 983. The van der Waals surface area contributed by atoms with Crippen LogP contribution in [0.1, 0.15) is 29.9 Å². The molecular formula is C20H21N3O5. The van der Waals surface area contributed by atoms with E-state index in [9.17, 15) is 14.4 Å². The zero-order valence-electron chi connectivity index (χ0n) is 15.9. The van der Waals surface area contributed by atoms with Crippen molar-refractivity contribution in [3.63, 3.8) is 0 Å². The lowest BCUT2D eigenvalue weighted by molar-refractivity contribution is -0.139. The molecule has 0 radical (unpaired) electrons. The van der Waals surface area contributed by atoms with Crippen LogP contribution in [-0.4, -0.2) is 42.2 Å². The normalized spacial score (nSPS) is 16.4. The fraction of sp³-hybridized carbons (Fsp3) is 0.300. The summed E-state index contributed by atoms with van der Waals surface area (Å²) in [5.74, 6) is -1.14. The van der Waals surface area contributed by atoms with Crippen molar-refractivity contribution in [2.45, 2.75) is 26.8 Å². The van der Waals surface area contributed by atoms with Crippen LogP contribution in [0.2, 0.25) is 0 Å². The second-order valence-corrected chi connectivity index (χ2v) is 6.34. The molecule has 0 saturated carbocycles. The number of benzene rings is 1. The number of rotatable bonds is 5. The van der Waals surface area contributed by atoms with Gasteiger partial charge in [-0.1, -0.05) is 18.2 Å². The van der Waals surface area contributed by atoms with Crippen molar-refractivity contribution in [3.05, 3.63) is 52.9 Å². The van der Waals surface area contributed by atoms with Crippen LogP contribution in [0.4, 0.5) is 4.79 Å². The first-order chi connectivity index (χ1) is 13.4. The molecule has 1 atom stereocenters. The van der Waals surface area contributed by atoms with Crippen LogP contribution in [0.5, 0.6) is 0 Å². The molecule has 146 valence electrons. The zero-order valence-corrected chi connectivity index (χ0v) is 15.9. The largest absolute Gasteiger partial charge is 0.463 e. The summed E-state index contributed by atoms with van der Waals surface area (Å²) in [4.78, 5) is 41.1. The van der Waals surface area contributed by atoms with Crippen molar-refractivity contribution in [2.24, 2.45) is 0 Å². The van der Waals surface area contributed by atoms with Gasteiger partial charge < -0.3 is 20.1 Å². The molecule has 0 bridgehead atoms. The molecule has 1 aromatic carbocycles. The molecule has 1 aromatic heterocycles. The number of para-hydroxylation sites is 1. The van der Waals surface area contributed by atoms with Gasteiger partial charge in [0.25, 0.3) is 0 Å². The van der Waals surface area contributed by atoms with Crippen LogP contribution in [0.3, 0.4) is 0 Å². The van der Waals surface area contributed by atoms with E-state index in [1.165, 1.54) is 0 Å². The Morgan fingerprint density at radius 1 is 1.18 bits per heavy atom. The number of nitrogens with zero attached hydrogens (tertiary/aromatic N) is 1. The topological polar surface area (TPSA) is 107 Å². The molecule has 2 aromatic rings. The first kappa shape index (κ1) is 19.3.